The SMILES string of the molecule is Nc1nc2c(ccn2CCN2CCN(c3ccc(Cl)c(Cl)c3)CC2)c2nc(-c3ccco3)nn12. The molecule has 0 radical (unpaired) electrons. The first-order chi connectivity index (χ1) is 16.6. The highest BCUT2D eigenvalue weighted by Gasteiger charge is 2.20. The second-order valence-corrected chi connectivity index (χ2v) is 9.11. The molecule has 0 atom stereocenters. The van der Waals surface area contributed by atoms with Crippen molar-refractivity contribution in [3.8, 4) is 11.6 Å². The van der Waals surface area contributed by atoms with Gasteiger partial charge in [0.2, 0.25) is 11.8 Å². The number of piperazine rings is 1. The number of nitrogen functional groups attached to an aromatic ring is 1. The van der Waals surface area contributed by atoms with E-state index < -0.39 is 0 Å². The van der Waals surface area contributed by atoms with E-state index in [9.17, 15) is 0 Å². The molecule has 0 bridgehead atoms. The molecule has 9 nitrogen and oxygen atoms in total. The van der Waals surface area contributed by atoms with Crippen LogP contribution in [-0.2, 0) is 6.54 Å². The largest absolute Gasteiger partial charge is 0.461 e. The molecule has 5 aromatic rings. The maximum Gasteiger partial charge on any atom is 0.225 e. The molecule has 174 valence electrons. The van der Waals surface area contributed by atoms with E-state index in [2.05, 4.69) is 29.4 Å². The third-order valence-corrected chi connectivity index (χ3v) is 7.00. The summed E-state index contributed by atoms with van der Waals surface area (Å²) in [7, 11) is 0. The summed E-state index contributed by atoms with van der Waals surface area (Å²) in [6.45, 7) is 5.52. The second-order valence-electron chi connectivity index (χ2n) is 8.29. The Bertz CT molecular complexity index is 1470. The van der Waals surface area contributed by atoms with E-state index in [-0.39, 0.29) is 0 Å². The van der Waals surface area contributed by atoms with Crippen molar-refractivity contribution in [1.82, 2.24) is 29.0 Å². The average Bonchev–Trinajstić information content (AvgIpc) is 3.59. The third-order valence-electron chi connectivity index (χ3n) is 6.26. The number of halogens is 2. The highest BCUT2D eigenvalue weighted by molar-refractivity contribution is 6.42. The van der Waals surface area contributed by atoms with Gasteiger partial charge in [-0.2, -0.15) is 9.50 Å². The lowest BCUT2D eigenvalue weighted by Gasteiger charge is -2.36. The van der Waals surface area contributed by atoms with Crippen molar-refractivity contribution in [2.24, 2.45) is 0 Å². The Morgan fingerprint density at radius 1 is 0.941 bits per heavy atom. The molecule has 1 aliphatic heterocycles. The minimum absolute atomic E-state index is 0.294. The number of benzene rings is 1. The molecular formula is C23H22Cl2N8O. The van der Waals surface area contributed by atoms with Crippen LogP contribution in [0.25, 0.3) is 28.3 Å². The first-order valence-corrected chi connectivity index (χ1v) is 11.8. The van der Waals surface area contributed by atoms with E-state index in [1.807, 2.05) is 36.5 Å². The van der Waals surface area contributed by atoms with Crippen LogP contribution in [0.15, 0.2) is 53.3 Å². The van der Waals surface area contributed by atoms with E-state index in [0.29, 0.717) is 33.2 Å². The summed E-state index contributed by atoms with van der Waals surface area (Å²) in [4.78, 5) is 14.0. The molecule has 0 unspecified atom stereocenters. The Morgan fingerprint density at radius 2 is 1.79 bits per heavy atom. The summed E-state index contributed by atoms with van der Waals surface area (Å²) < 4.78 is 9.12. The molecule has 1 fully saturated rings. The van der Waals surface area contributed by atoms with Gasteiger partial charge in [-0.3, -0.25) is 4.90 Å². The maximum atomic E-state index is 6.22. The molecule has 4 aromatic heterocycles. The number of anilines is 2. The number of nitrogens with two attached hydrogens (primary N) is 1. The van der Waals surface area contributed by atoms with Crippen molar-refractivity contribution in [3.05, 3.63) is 58.9 Å². The lowest BCUT2D eigenvalue weighted by molar-refractivity contribution is 0.249. The number of hydrogen-bond donors (Lipinski definition) is 1. The van der Waals surface area contributed by atoms with Crippen LogP contribution in [0.5, 0.6) is 0 Å². The smallest absolute Gasteiger partial charge is 0.225 e. The molecule has 1 aromatic carbocycles. The van der Waals surface area contributed by atoms with Crippen LogP contribution >= 0.6 is 23.2 Å². The second kappa shape index (κ2) is 8.50. The fourth-order valence-corrected chi connectivity index (χ4v) is 4.71. The summed E-state index contributed by atoms with van der Waals surface area (Å²) in [5, 5.41) is 6.54. The van der Waals surface area contributed by atoms with Gasteiger partial charge in [-0.05, 0) is 36.4 Å². The molecule has 5 heterocycles. The van der Waals surface area contributed by atoms with Gasteiger partial charge in [0.25, 0.3) is 0 Å². The van der Waals surface area contributed by atoms with E-state index >= 15 is 0 Å². The Morgan fingerprint density at radius 3 is 2.56 bits per heavy atom. The normalized spacial score (nSPS) is 15.1. The van der Waals surface area contributed by atoms with Gasteiger partial charge in [0.15, 0.2) is 11.4 Å². The molecule has 6 rings (SSSR count). The van der Waals surface area contributed by atoms with Gasteiger partial charge in [0.1, 0.15) is 5.65 Å². The molecule has 34 heavy (non-hydrogen) atoms. The van der Waals surface area contributed by atoms with Crippen molar-refractivity contribution in [1.29, 1.82) is 0 Å². The summed E-state index contributed by atoms with van der Waals surface area (Å²) in [5.74, 6) is 1.37. The van der Waals surface area contributed by atoms with Gasteiger partial charge in [-0.15, -0.1) is 5.10 Å². The monoisotopic (exact) mass is 496 g/mol. The van der Waals surface area contributed by atoms with Crippen molar-refractivity contribution in [2.75, 3.05) is 43.4 Å². The van der Waals surface area contributed by atoms with Crippen LogP contribution in [0.2, 0.25) is 10.0 Å². The first kappa shape index (κ1) is 21.3. The zero-order chi connectivity index (χ0) is 23.2. The average molecular weight is 497 g/mol. The van der Waals surface area contributed by atoms with Gasteiger partial charge in [0, 0.05) is 51.2 Å². The Hall–Kier alpha value is -3.27. The van der Waals surface area contributed by atoms with E-state index in [1.54, 1.807) is 16.8 Å². The fraction of sp³-hybridized carbons (Fsp3) is 0.261. The number of nitrogens with zero attached hydrogens (tertiary/aromatic N) is 7. The highest BCUT2D eigenvalue weighted by atomic mass is 35.5. The molecule has 11 heteroatoms. The van der Waals surface area contributed by atoms with Crippen LogP contribution in [0.4, 0.5) is 11.6 Å². The number of hydrogen-bond acceptors (Lipinski definition) is 7. The molecule has 0 aliphatic carbocycles. The summed E-state index contributed by atoms with van der Waals surface area (Å²) >= 11 is 12.2. The van der Waals surface area contributed by atoms with Gasteiger partial charge in [-0.1, -0.05) is 23.2 Å². The first-order valence-electron chi connectivity index (χ1n) is 11.0. The predicted molar refractivity (Wildman–Crippen MR) is 134 cm³/mol. The van der Waals surface area contributed by atoms with Crippen LogP contribution in [-0.4, -0.2) is 61.8 Å². The zero-order valence-electron chi connectivity index (χ0n) is 18.2. The number of aromatic nitrogens is 5. The van der Waals surface area contributed by atoms with Crippen LogP contribution in [0, 0.1) is 0 Å². The van der Waals surface area contributed by atoms with Crippen LogP contribution < -0.4 is 10.6 Å². The Labute approximate surface area is 205 Å². The van der Waals surface area contributed by atoms with Crippen molar-refractivity contribution in [2.45, 2.75) is 6.54 Å². The molecular weight excluding hydrogens is 475 g/mol. The van der Waals surface area contributed by atoms with Crippen LogP contribution in [0.3, 0.4) is 0 Å². The van der Waals surface area contributed by atoms with E-state index in [0.717, 1.165) is 56.0 Å². The summed E-state index contributed by atoms with van der Waals surface area (Å²) in [6.07, 6.45) is 3.63. The number of furan rings is 1. The zero-order valence-corrected chi connectivity index (χ0v) is 19.7. The van der Waals surface area contributed by atoms with Gasteiger partial charge >= 0.3 is 0 Å². The molecule has 2 N–H and O–H groups in total. The minimum Gasteiger partial charge on any atom is -0.461 e. The highest BCUT2D eigenvalue weighted by Crippen LogP contribution is 2.28. The summed E-state index contributed by atoms with van der Waals surface area (Å²) in [5.41, 5.74) is 8.80. The Kier molecular flexibility index (Phi) is 5.32. The molecule has 0 amide bonds. The lowest BCUT2D eigenvalue weighted by Crippen LogP contribution is -2.47. The van der Waals surface area contributed by atoms with Crippen LogP contribution in [0.1, 0.15) is 0 Å². The Balaban J connectivity index is 1.16. The quantitative estimate of drug-likeness (QED) is 0.392. The third kappa shape index (κ3) is 3.75. The van der Waals surface area contributed by atoms with E-state index in [1.165, 1.54) is 0 Å². The van der Waals surface area contributed by atoms with Gasteiger partial charge < -0.3 is 19.6 Å². The number of fused-ring (bicyclic) bond motifs is 3. The molecule has 0 saturated carbocycles. The molecule has 1 aliphatic rings. The minimum atomic E-state index is 0.294. The molecule has 0 spiro atoms. The van der Waals surface area contributed by atoms with Crippen molar-refractivity contribution >= 4 is 51.5 Å². The fourth-order valence-electron chi connectivity index (χ4n) is 4.42. The van der Waals surface area contributed by atoms with Crippen molar-refractivity contribution in [3.63, 3.8) is 0 Å². The maximum absolute atomic E-state index is 6.22. The molecule has 1 saturated heterocycles. The standard InChI is InChI=1S/C23H22Cl2N8O/c24-17-4-3-15(14-18(17)25)31-10-7-30(8-11-31)9-12-32-6-5-16-21(32)28-23(26)33-22(16)27-20(29-33)19-2-1-13-34-19/h1-6,13-14H,7-12H2,(H2,26,28). The van der Waals surface area contributed by atoms with Gasteiger partial charge in [0.05, 0.1) is 21.7 Å². The van der Waals surface area contributed by atoms with Crippen molar-refractivity contribution < 1.29 is 4.42 Å². The summed E-state index contributed by atoms with van der Waals surface area (Å²) in [6, 6.07) is 11.4. The predicted octanol–water partition coefficient (Wildman–Crippen LogP) is 4.05. The lowest BCUT2D eigenvalue weighted by atomic mass is 10.2. The van der Waals surface area contributed by atoms with E-state index in [4.69, 9.17) is 33.4 Å². The number of rotatable bonds is 5. The van der Waals surface area contributed by atoms with Gasteiger partial charge in [-0.25, -0.2) is 4.98 Å². The topological polar surface area (TPSA) is 93.6 Å².